The third-order valence-electron chi connectivity index (χ3n) is 5.40. The van der Waals surface area contributed by atoms with Gasteiger partial charge in [-0.15, -0.1) is 0 Å². The molecule has 4 aliphatic rings. The monoisotopic (exact) mass is 369 g/mol. The van der Waals surface area contributed by atoms with Crippen LogP contribution in [0.5, 0.6) is 0 Å². The van der Waals surface area contributed by atoms with E-state index in [1.807, 2.05) is 11.9 Å². The van der Waals surface area contributed by atoms with Crippen LogP contribution in [0, 0.1) is 0 Å². The number of rotatable bonds is 3. The molecule has 0 saturated carbocycles. The number of allylic oxidation sites excluding steroid dienone is 5. The summed E-state index contributed by atoms with van der Waals surface area (Å²) in [5.41, 5.74) is 5.62. The molecule has 3 aliphatic heterocycles. The SMILES string of the molecule is CN1CC(N2Cc3cc(C4=C(CO)N=C5CC(F)=CC=C54)ccc3S2)C1. The Bertz CT molecular complexity index is 912. The smallest absolute Gasteiger partial charge is 0.106 e. The Morgan fingerprint density at radius 2 is 2.15 bits per heavy atom. The normalized spacial score (nSPS) is 23.4. The van der Waals surface area contributed by atoms with Gasteiger partial charge in [0.25, 0.3) is 0 Å². The summed E-state index contributed by atoms with van der Waals surface area (Å²) in [4.78, 5) is 8.11. The Labute approximate surface area is 156 Å². The minimum absolute atomic E-state index is 0.135. The lowest BCUT2D eigenvalue weighted by Gasteiger charge is -2.41. The Morgan fingerprint density at radius 1 is 1.31 bits per heavy atom. The van der Waals surface area contributed by atoms with Crippen molar-refractivity contribution in [1.82, 2.24) is 9.21 Å². The molecule has 1 aromatic carbocycles. The molecule has 1 saturated heterocycles. The summed E-state index contributed by atoms with van der Waals surface area (Å²) < 4.78 is 16.1. The molecular formula is C20H20FN3OS. The van der Waals surface area contributed by atoms with E-state index in [1.54, 1.807) is 6.08 Å². The van der Waals surface area contributed by atoms with Crippen molar-refractivity contribution in [2.75, 3.05) is 26.7 Å². The van der Waals surface area contributed by atoms with Gasteiger partial charge in [0, 0.05) is 48.1 Å². The van der Waals surface area contributed by atoms with E-state index < -0.39 is 0 Å². The molecule has 1 aromatic rings. The van der Waals surface area contributed by atoms with Gasteiger partial charge in [0.1, 0.15) is 5.83 Å². The second kappa shape index (κ2) is 6.16. The van der Waals surface area contributed by atoms with Crippen molar-refractivity contribution in [3.8, 4) is 0 Å². The van der Waals surface area contributed by atoms with Gasteiger partial charge in [-0.05, 0) is 54.4 Å². The van der Waals surface area contributed by atoms with Crippen LogP contribution in [-0.4, -0.2) is 52.8 Å². The van der Waals surface area contributed by atoms with Crippen LogP contribution in [-0.2, 0) is 6.54 Å². The lowest BCUT2D eigenvalue weighted by molar-refractivity contribution is 0.111. The summed E-state index contributed by atoms with van der Waals surface area (Å²) in [5.74, 6) is -0.183. The minimum atomic E-state index is -0.183. The Kier molecular flexibility index (Phi) is 3.90. The lowest BCUT2D eigenvalue weighted by atomic mass is 9.90. The number of fused-ring (bicyclic) bond motifs is 2. The van der Waals surface area contributed by atoms with Crippen LogP contribution in [0.1, 0.15) is 17.5 Å². The number of hydrogen-bond acceptors (Lipinski definition) is 5. The highest BCUT2D eigenvalue weighted by Gasteiger charge is 2.34. The van der Waals surface area contributed by atoms with Gasteiger partial charge in [0.15, 0.2) is 0 Å². The molecule has 134 valence electrons. The van der Waals surface area contributed by atoms with Crippen molar-refractivity contribution in [1.29, 1.82) is 0 Å². The summed E-state index contributed by atoms with van der Waals surface area (Å²) in [7, 11) is 2.15. The van der Waals surface area contributed by atoms with E-state index in [9.17, 15) is 9.50 Å². The molecule has 0 spiro atoms. The first-order valence-corrected chi connectivity index (χ1v) is 9.65. The van der Waals surface area contributed by atoms with Gasteiger partial charge in [-0.3, -0.25) is 4.99 Å². The van der Waals surface area contributed by atoms with E-state index in [-0.39, 0.29) is 18.9 Å². The maximum Gasteiger partial charge on any atom is 0.106 e. The summed E-state index contributed by atoms with van der Waals surface area (Å²) in [6.45, 7) is 3.05. The van der Waals surface area contributed by atoms with Gasteiger partial charge in [-0.25, -0.2) is 8.70 Å². The van der Waals surface area contributed by atoms with Crippen molar-refractivity contribution in [2.24, 2.45) is 4.99 Å². The minimum Gasteiger partial charge on any atom is -0.390 e. The van der Waals surface area contributed by atoms with Crippen LogP contribution in [0.25, 0.3) is 5.57 Å². The first-order valence-electron chi connectivity index (χ1n) is 8.87. The standard InChI is InChI=1S/C20H20FN3OS/c1-23-9-15(10-23)24-8-13-6-12(2-5-19(13)26-24)20-16-4-3-14(21)7-17(16)22-18(20)11-25/h2-6,15,25H,7-11H2,1H3. The van der Waals surface area contributed by atoms with Crippen LogP contribution in [0.2, 0.25) is 0 Å². The van der Waals surface area contributed by atoms with Crippen molar-refractivity contribution < 1.29 is 9.50 Å². The molecule has 0 unspecified atom stereocenters. The molecule has 0 aromatic heterocycles. The van der Waals surface area contributed by atoms with E-state index in [0.717, 1.165) is 42.1 Å². The molecule has 1 fully saturated rings. The molecule has 0 radical (unpaired) electrons. The van der Waals surface area contributed by atoms with Crippen LogP contribution in [0.4, 0.5) is 4.39 Å². The predicted molar refractivity (Wildman–Crippen MR) is 102 cm³/mol. The number of aliphatic hydroxyl groups is 1. The largest absolute Gasteiger partial charge is 0.390 e. The average Bonchev–Trinajstić information content (AvgIpc) is 3.18. The molecule has 1 N–H and O–H groups in total. The molecule has 4 nitrogen and oxygen atoms in total. The van der Waals surface area contributed by atoms with E-state index >= 15 is 0 Å². The molecule has 1 aliphatic carbocycles. The maximum absolute atomic E-state index is 13.6. The summed E-state index contributed by atoms with van der Waals surface area (Å²) in [5, 5.41) is 9.76. The Morgan fingerprint density at radius 3 is 2.92 bits per heavy atom. The number of likely N-dealkylation sites (N-methyl/N-ethyl adjacent to an activating group) is 1. The number of aliphatic hydroxyl groups excluding tert-OH is 1. The zero-order chi connectivity index (χ0) is 17.8. The molecule has 0 atom stereocenters. The topological polar surface area (TPSA) is 39.1 Å². The van der Waals surface area contributed by atoms with Gasteiger partial charge < -0.3 is 10.0 Å². The molecule has 0 bridgehead atoms. The first-order chi connectivity index (χ1) is 12.6. The third-order valence-corrected chi connectivity index (χ3v) is 6.66. The average molecular weight is 369 g/mol. The van der Waals surface area contributed by atoms with E-state index in [4.69, 9.17) is 0 Å². The number of aliphatic imine (C=N–C) groups is 1. The highest BCUT2D eigenvalue weighted by molar-refractivity contribution is 7.97. The van der Waals surface area contributed by atoms with Crippen LogP contribution < -0.4 is 0 Å². The summed E-state index contributed by atoms with van der Waals surface area (Å²) >= 11 is 1.84. The number of hydrogen-bond donors (Lipinski definition) is 1. The Hall–Kier alpha value is -1.73. The second-order valence-corrected chi connectivity index (χ2v) is 8.36. The fourth-order valence-corrected chi connectivity index (χ4v) is 5.16. The van der Waals surface area contributed by atoms with Crippen LogP contribution in [0.3, 0.4) is 0 Å². The zero-order valence-electron chi connectivity index (χ0n) is 14.6. The molecular weight excluding hydrogens is 349 g/mol. The molecule has 26 heavy (non-hydrogen) atoms. The number of likely N-dealkylation sites (tertiary alicyclic amines) is 1. The number of nitrogens with zero attached hydrogens (tertiary/aromatic N) is 3. The lowest BCUT2D eigenvalue weighted by Crippen LogP contribution is -2.54. The number of halogens is 1. The molecule has 0 amide bonds. The van der Waals surface area contributed by atoms with Gasteiger partial charge in [0.05, 0.1) is 18.0 Å². The first kappa shape index (κ1) is 16.4. The molecule has 3 heterocycles. The second-order valence-electron chi connectivity index (χ2n) is 7.27. The highest BCUT2D eigenvalue weighted by Crippen LogP contribution is 2.43. The fraction of sp³-hybridized carbons (Fsp3) is 0.350. The van der Waals surface area contributed by atoms with Gasteiger partial charge in [-0.2, -0.15) is 0 Å². The Balaban J connectivity index is 1.46. The zero-order valence-corrected chi connectivity index (χ0v) is 15.4. The summed E-state index contributed by atoms with van der Waals surface area (Å²) in [6.07, 6.45) is 3.50. The van der Waals surface area contributed by atoms with Crippen LogP contribution in [0.15, 0.2) is 57.3 Å². The number of benzene rings is 1. The summed E-state index contributed by atoms with van der Waals surface area (Å²) in [6, 6.07) is 7.09. The van der Waals surface area contributed by atoms with Gasteiger partial charge >= 0.3 is 0 Å². The van der Waals surface area contributed by atoms with E-state index in [2.05, 4.69) is 39.4 Å². The van der Waals surface area contributed by atoms with E-state index in [1.165, 1.54) is 16.5 Å². The van der Waals surface area contributed by atoms with Crippen molar-refractivity contribution in [3.63, 3.8) is 0 Å². The van der Waals surface area contributed by atoms with Crippen molar-refractivity contribution >= 4 is 23.2 Å². The third kappa shape index (κ3) is 2.60. The van der Waals surface area contributed by atoms with E-state index in [0.29, 0.717) is 11.7 Å². The fourth-order valence-electron chi connectivity index (χ4n) is 4.05. The van der Waals surface area contributed by atoms with Gasteiger partial charge in [-0.1, -0.05) is 6.07 Å². The predicted octanol–water partition coefficient (Wildman–Crippen LogP) is 3.16. The van der Waals surface area contributed by atoms with Crippen LogP contribution >= 0.6 is 11.9 Å². The highest BCUT2D eigenvalue weighted by atomic mass is 32.2. The van der Waals surface area contributed by atoms with Gasteiger partial charge in [0.2, 0.25) is 0 Å². The molecule has 6 heteroatoms. The van der Waals surface area contributed by atoms with Crippen molar-refractivity contribution in [3.05, 3.63) is 58.6 Å². The maximum atomic E-state index is 13.6. The molecule has 5 rings (SSSR count). The quantitative estimate of drug-likeness (QED) is 0.831. The van der Waals surface area contributed by atoms with Crippen molar-refractivity contribution in [2.45, 2.75) is 23.9 Å².